The highest BCUT2D eigenvalue weighted by Gasteiger charge is 2.21. The molecule has 0 aliphatic rings. The van der Waals surface area contributed by atoms with Crippen LogP contribution in [-0.4, -0.2) is 15.7 Å². The zero-order chi connectivity index (χ0) is 12.2. The second-order valence-corrected chi connectivity index (χ2v) is 7.40. The lowest BCUT2D eigenvalue weighted by Crippen LogP contribution is -2.22. The minimum atomic E-state index is -0.915. The first-order chi connectivity index (χ1) is 7.39. The molecule has 0 aromatic carbocycles. The molecule has 1 atom stereocenters. The van der Waals surface area contributed by atoms with E-state index in [-0.39, 0.29) is 11.2 Å². The fraction of sp³-hybridized carbons (Fsp3) is 0.583. The molecule has 0 radical (unpaired) electrons. The summed E-state index contributed by atoms with van der Waals surface area (Å²) in [7, 11) is -0.915. The number of ketones is 1. The summed E-state index contributed by atoms with van der Waals surface area (Å²) in [5.74, 6) is 1.25. The number of hydrogen-bond donors (Lipinski definition) is 0. The maximum Gasteiger partial charge on any atom is 0.139 e. The van der Waals surface area contributed by atoms with Crippen molar-refractivity contribution in [2.75, 3.05) is 5.75 Å². The van der Waals surface area contributed by atoms with Crippen LogP contribution in [0.25, 0.3) is 0 Å². The van der Waals surface area contributed by atoms with E-state index in [0.29, 0.717) is 17.9 Å². The molecule has 1 unspecified atom stereocenters. The van der Waals surface area contributed by atoms with Crippen LogP contribution in [0.2, 0.25) is 0 Å². The summed E-state index contributed by atoms with van der Waals surface area (Å²) in [6.07, 6.45) is 0.418. The van der Waals surface area contributed by atoms with Crippen LogP contribution >= 0.6 is 11.3 Å². The van der Waals surface area contributed by atoms with Crippen LogP contribution in [0.1, 0.15) is 32.1 Å². The van der Waals surface area contributed by atoms with E-state index in [1.807, 2.05) is 38.3 Å². The Kier molecular flexibility index (Phi) is 4.87. The number of carbonyl (C=O) groups is 1. The monoisotopic (exact) mass is 258 g/mol. The normalized spacial score (nSPS) is 13.7. The van der Waals surface area contributed by atoms with Gasteiger partial charge in [0.25, 0.3) is 0 Å². The molecule has 0 bridgehead atoms. The first-order valence-corrected chi connectivity index (χ1v) is 7.67. The summed E-state index contributed by atoms with van der Waals surface area (Å²) in [4.78, 5) is 12.8. The molecule has 0 aliphatic heterocycles. The second kappa shape index (κ2) is 5.73. The van der Waals surface area contributed by atoms with E-state index in [0.717, 1.165) is 4.88 Å². The fourth-order valence-corrected chi connectivity index (χ4v) is 3.33. The fourth-order valence-electron chi connectivity index (χ4n) is 1.21. The van der Waals surface area contributed by atoms with Crippen LogP contribution in [0.3, 0.4) is 0 Å². The summed E-state index contributed by atoms with van der Waals surface area (Å²) >= 11 is 1.61. The van der Waals surface area contributed by atoms with Gasteiger partial charge in [-0.1, -0.05) is 26.8 Å². The highest BCUT2D eigenvalue weighted by atomic mass is 32.2. The van der Waals surface area contributed by atoms with Gasteiger partial charge in [0.2, 0.25) is 0 Å². The molecule has 90 valence electrons. The maximum atomic E-state index is 11.7. The summed E-state index contributed by atoms with van der Waals surface area (Å²) < 4.78 is 11.7. The molecular formula is C12H18O2S2. The number of carbonyl (C=O) groups excluding carboxylic acids is 1. The molecule has 1 heterocycles. The molecule has 1 aromatic heterocycles. The Morgan fingerprint density at radius 3 is 2.62 bits per heavy atom. The van der Waals surface area contributed by atoms with Crippen molar-refractivity contribution in [3.8, 4) is 0 Å². The molecule has 0 aliphatic carbocycles. The number of Topliss-reactive ketones (excluding diaryl/α,β-unsaturated/α-hetero) is 1. The summed E-state index contributed by atoms with van der Waals surface area (Å²) in [5.41, 5.74) is -0.312. The van der Waals surface area contributed by atoms with Gasteiger partial charge in [-0.15, -0.1) is 11.3 Å². The quantitative estimate of drug-likeness (QED) is 0.813. The molecule has 0 saturated heterocycles. The Labute approximate surface area is 104 Å². The average Bonchev–Trinajstić information content (AvgIpc) is 2.65. The van der Waals surface area contributed by atoms with Crippen molar-refractivity contribution in [1.29, 1.82) is 0 Å². The van der Waals surface area contributed by atoms with Gasteiger partial charge in [0, 0.05) is 33.3 Å². The zero-order valence-corrected chi connectivity index (χ0v) is 11.6. The largest absolute Gasteiger partial charge is 0.299 e. The predicted octanol–water partition coefficient (Wildman–Crippen LogP) is 3.00. The van der Waals surface area contributed by atoms with Crippen LogP contribution in [0.4, 0.5) is 0 Å². The van der Waals surface area contributed by atoms with E-state index >= 15 is 0 Å². The van der Waals surface area contributed by atoms with E-state index in [4.69, 9.17) is 0 Å². The molecule has 1 aromatic rings. The van der Waals surface area contributed by atoms with Gasteiger partial charge in [0.1, 0.15) is 5.78 Å². The minimum absolute atomic E-state index is 0.187. The van der Waals surface area contributed by atoms with Gasteiger partial charge in [-0.3, -0.25) is 9.00 Å². The predicted molar refractivity (Wildman–Crippen MR) is 70.1 cm³/mol. The zero-order valence-electron chi connectivity index (χ0n) is 9.99. The molecule has 0 spiro atoms. The Hall–Kier alpha value is -0.480. The Morgan fingerprint density at radius 1 is 1.44 bits per heavy atom. The minimum Gasteiger partial charge on any atom is -0.299 e. The highest BCUT2D eigenvalue weighted by molar-refractivity contribution is 7.84. The SMILES string of the molecule is CC(C)(C)C(=O)CCS(=O)Cc1cccs1. The molecule has 4 heteroatoms. The van der Waals surface area contributed by atoms with E-state index in [1.165, 1.54) is 0 Å². The lowest BCUT2D eigenvalue weighted by atomic mass is 9.89. The molecule has 2 nitrogen and oxygen atoms in total. The third-order valence-corrected chi connectivity index (χ3v) is 4.63. The van der Waals surface area contributed by atoms with Crippen molar-refractivity contribution >= 4 is 27.9 Å². The van der Waals surface area contributed by atoms with Crippen LogP contribution in [0, 0.1) is 5.41 Å². The summed E-state index contributed by atoms with van der Waals surface area (Å²) in [6.45, 7) is 5.70. The van der Waals surface area contributed by atoms with E-state index in [1.54, 1.807) is 11.3 Å². The van der Waals surface area contributed by atoms with Gasteiger partial charge in [-0.2, -0.15) is 0 Å². The third-order valence-electron chi connectivity index (χ3n) is 2.28. The van der Waals surface area contributed by atoms with Crippen molar-refractivity contribution in [2.45, 2.75) is 32.9 Å². The second-order valence-electron chi connectivity index (χ2n) is 4.79. The molecule has 0 saturated carbocycles. The van der Waals surface area contributed by atoms with Gasteiger partial charge in [0.05, 0.1) is 5.75 Å². The number of rotatable bonds is 5. The van der Waals surface area contributed by atoms with Crippen LogP contribution in [-0.2, 0) is 21.3 Å². The summed E-state index contributed by atoms with van der Waals surface area (Å²) in [6, 6.07) is 3.94. The molecule has 0 amide bonds. The van der Waals surface area contributed by atoms with Crippen molar-refractivity contribution < 1.29 is 9.00 Å². The third kappa shape index (κ3) is 4.58. The first kappa shape index (κ1) is 13.6. The average molecular weight is 258 g/mol. The van der Waals surface area contributed by atoms with Crippen molar-refractivity contribution in [1.82, 2.24) is 0 Å². The molecule has 1 rings (SSSR count). The molecule has 0 N–H and O–H groups in total. The maximum absolute atomic E-state index is 11.7. The van der Waals surface area contributed by atoms with Crippen molar-refractivity contribution in [3.05, 3.63) is 22.4 Å². The van der Waals surface area contributed by atoms with Crippen LogP contribution < -0.4 is 0 Å². The van der Waals surface area contributed by atoms with Gasteiger partial charge in [0.15, 0.2) is 0 Å². The first-order valence-electron chi connectivity index (χ1n) is 5.30. The number of hydrogen-bond acceptors (Lipinski definition) is 3. The Bertz CT molecular complexity index is 361. The van der Waals surface area contributed by atoms with Crippen LogP contribution in [0.15, 0.2) is 17.5 Å². The van der Waals surface area contributed by atoms with Crippen molar-refractivity contribution in [3.63, 3.8) is 0 Å². The van der Waals surface area contributed by atoms with Crippen molar-refractivity contribution in [2.24, 2.45) is 5.41 Å². The molecular weight excluding hydrogens is 240 g/mol. The molecule has 0 fully saturated rings. The van der Waals surface area contributed by atoms with Gasteiger partial charge in [-0.25, -0.2) is 0 Å². The van der Waals surface area contributed by atoms with Gasteiger partial charge < -0.3 is 0 Å². The van der Waals surface area contributed by atoms with Gasteiger partial charge >= 0.3 is 0 Å². The van der Waals surface area contributed by atoms with Crippen LogP contribution in [0.5, 0.6) is 0 Å². The smallest absolute Gasteiger partial charge is 0.139 e. The Morgan fingerprint density at radius 2 is 2.12 bits per heavy atom. The Balaban J connectivity index is 2.34. The lowest BCUT2D eigenvalue weighted by Gasteiger charge is -2.15. The van der Waals surface area contributed by atoms with E-state index < -0.39 is 10.8 Å². The topological polar surface area (TPSA) is 34.1 Å². The van der Waals surface area contributed by atoms with E-state index in [2.05, 4.69) is 0 Å². The highest BCUT2D eigenvalue weighted by Crippen LogP contribution is 2.17. The molecule has 16 heavy (non-hydrogen) atoms. The van der Waals surface area contributed by atoms with Gasteiger partial charge in [-0.05, 0) is 11.4 Å². The van der Waals surface area contributed by atoms with E-state index in [9.17, 15) is 9.00 Å². The lowest BCUT2D eigenvalue weighted by molar-refractivity contribution is -0.125. The summed E-state index contributed by atoms with van der Waals surface area (Å²) in [5, 5.41) is 1.98. The standard InChI is InChI=1S/C12H18O2S2/c1-12(2,3)11(13)6-8-16(14)9-10-5-4-7-15-10/h4-5,7H,6,8-9H2,1-3H3. The number of thiophene rings is 1.